The predicted molar refractivity (Wildman–Crippen MR) is 45.1 cm³/mol. The van der Waals surface area contributed by atoms with Crippen LogP contribution in [0.15, 0.2) is 18.5 Å². The molecule has 0 unspecified atom stereocenters. The molecule has 1 aromatic heterocycles. The first-order valence-corrected chi connectivity index (χ1v) is 4.08. The lowest BCUT2D eigenvalue weighted by molar-refractivity contribution is 0.0814. The van der Waals surface area contributed by atoms with Crippen molar-refractivity contribution in [2.45, 2.75) is 19.8 Å². The highest BCUT2D eigenvalue weighted by atomic mass is 19.3. The summed E-state index contributed by atoms with van der Waals surface area (Å²) in [5.41, 5.74) is 0.850. The predicted octanol–water partition coefficient (Wildman–Crippen LogP) is 2.29. The van der Waals surface area contributed by atoms with E-state index >= 15 is 0 Å². The zero-order chi connectivity index (χ0) is 9.68. The summed E-state index contributed by atoms with van der Waals surface area (Å²) in [5, 5.41) is 0. The van der Waals surface area contributed by atoms with Gasteiger partial charge in [-0.1, -0.05) is 6.92 Å². The average molecular weight is 187 g/mol. The number of pyridine rings is 1. The molecule has 0 spiro atoms. The number of aromatic nitrogens is 1. The van der Waals surface area contributed by atoms with E-state index in [4.69, 9.17) is 4.74 Å². The molecule has 0 bridgehead atoms. The third kappa shape index (κ3) is 2.97. The Bertz CT molecular complexity index is 266. The van der Waals surface area contributed by atoms with Gasteiger partial charge in [0.2, 0.25) is 0 Å². The van der Waals surface area contributed by atoms with Crippen molar-refractivity contribution in [1.82, 2.24) is 4.98 Å². The number of aryl methyl sites for hydroxylation is 1. The monoisotopic (exact) mass is 187 g/mol. The molecule has 2 nitrogen and oxygen atoms in total. The molecule has 1 heterocycles. The molecular weight excluding hydrogens is 176 g/mol. The van der Waals surface area contributed by atoms with Crippen LogP contribution in [0.5, 0.6) is 5.75 Å². The fourth-order valence-corrected chi connectivity index (χ4v) is 0.973. The Hall–Kier alpha value is -1.19. The Morgan fingerprint density at radius 2 is 2.31 bits per heavy atom. The first kappa shape index (κ1) is 9.89. The zero-order valence-corrected chi connectivity index (χ0v) is 7.34. The number of nitrogens with zero attached hydrogens (tertiary/aromatic N) is 1. The smallest absolute Gasteiger partial charge is 0.272 e. The van der Waals surface area contributed by atoms with E-state index in [1.165, 1.54) is 6.20 Å². The lowest BCUT2D eigenvalue weighted by Gasteiger charge is -2.08. The van der Waals surface area contributed by atoms with Crippen molar-refractivity contribution in [3.8, 4) is 5.75 Å². The van der Waals surface area contributed by atoms with Crippen LogP contribution in [0.4, 0.5) is 8.78 Å². The van der Waals surface area contributed by atoms with Crippen LogP contribution in [-0.2, 0) is 6.42 Å². The summed E-state index contributed by atoms with van der Waals surface area (Å²) < 4.78 is 28.5. The van der Waals surface area contributed by atoms with Crippen molar-refractivity contribution in [2.75, 3.05) is 6.61 Å². The summed E-state index contributed by atoms with van der Waals surface area (Å²) in [5.74, 6) is 0.498. The van der Waals surface area contributed by atoms with E-state index in [9.17, 15) is 8.78 Å². The highest BCUT2D eigenvalue weighted by Crippen LogP contribution is 2.17. The Balaban J connectivity index is 2.64. The lowest BCUT2D eigenvalue weighted by Crippen LogP contribution is -2.08. The van der Waals surface area contributed by atoms with E-state index in [0.717, 1.165) is 12.0 Å². The van der Waals surface area contributed by atoms with Crippen molar-refractivity contribution >= 4 is 0 Å². The number of hydrogen-bond donors (Lipinski definition) is 0. The quantitative estimate of drug-likeness (QED) is 0.721. The van der Waals surface area contributed by atoms with Crippen LogP contribution in [0.1, 0.15) is 12.5 Å². The van der Waals surface area contributed by atoms with E-state index in [-0.39, 0.29) is 0 Å². The summed E-state index contributed by atoms with van der Waals surface area (Å²) in [6.45, 7) is 1.36. The van der Waals surface area contributed by atoms with Crippen molar-refractivity contribution < 1.29 is 13.5 Å². The number of hydrogen-bond acceptors (Lipinski definition) is 2. The first-order chi connectivity index (χ1) is 6.24. The second-order valence-corrected chi connectivity index (χ2v) is 2.54. The molecule has 4 heteroatoms. The minimum Gasteiger partial charge on any atom is -0.487 e. The van der Waals surface area contributed by atoms with Gasteiger partial charge >= 0.3 is 0 Å². The molecule has 72 valence electrons. The molecule has 1 rings (SSSR count). The molecule has 0 aliphatic carbocycles. The van der Waals surface area contributed by atoms with Gasteiger partial charge in [0.05, 0.1) is 0 Å². The van der Waals surface area contributed by atoms with Crippen LogP contribution in [0.2, 0.25) is 0 Å². The molecule has 13 heavy (non-hydrogen) atoms. The van der Waals surface area contributed by atoms with Gasteiger partial charge < -0.3 is 4.74 Å². The molecule has 0 saturated carbocycles. The van der Waals surface area contributed by atoms with Gasteiger partial charge in [-0.15, -0.1) is 0 Å². The van der Waals surface area contributed by atoms with E-state index in [1.54, 1.807) is 12.3 Å². The van der Waals surface area contributed by atoms with Crippen molar-refractivity contribution in [1.29, 1.82) is 0 Å². The van der Waals surface area contributed by atoms with E-state index in [2.05, 4.69) is 4.98 Å². The molecule has 0 fully saturated rings. The van der Waals surface area contributed by atoms with E-state index in [0.29, 0.717) is 5.75 Å². The van der Waals surface area contributed by atoms with Gasteiger partial charge in [0, 0.05) is 18.0 Å². The highest BCUT2D eigenvalue weighted by Gasteiger charge is 2.06. The maximum absolute atomic E-state index is 11.8. The summed E-state index contributed by atoms with van der Waals surface area (Å²) in [6.07, 6.45) is 1.45. The summed E-state index contributed by atoms with van der Waals surface area (Å²) in [6, 6.07) is 1.60. The van der Waals surface area contributed by atoms with Gasteiger partial charge in [-0.25, -0.2) is 8.78 Å². The molecule has 0 radical (unpaired) electrons. The summed E-state index contributed by atoms with van der Waals surface area (Å²) >= 11 is 0. The average Bonchev–Trinajstić information content (AvgIpc) is 2.15. The van der Waals surface area contributed by atoms with E-state index < -0.39 is 13.0 Å². The van der Waals surface area contributed by atoms with Crippen LogP contribution < -0.4 is 4.74 Å². The van der Waals surface area contributed by atoms with Gasteiger partial charge in [-0.05, 0) is 12.5 Å². The SMILES string of the molecule is CCc1cnccc1OCC(F)F. The van der Waals surface area contributed by atoms with Gasteiger partial charge in [0.25, 0.3) is 6.43 Å². The van der Waals surface area contributed by atoms with E-state index in [1.807, 2.05) is 6.92 Å². The van der Waals surface area contributed by atoms with Crippen LogP contribution >= 0.6 is 0 Å². The highest BCUT2D eigenvalue weighted by molar-refractivity contribution is 5.29. The Morgan fingerprint density at radius 1 is 1.54 bits per heavy atom. The molecule has 0 atom stereocenters. The fraction of sp³-hybridized carbons (Fsp3) is 0.444. The van der Waals surface area contributed by atoms with Gasteiger partial charge in [-0.3, -0.25) is 4.98 Å². The third-order valence-corrected chi connectivity index (χ3v) is 1.60. The van der Waals surface area contributed by atoms with Crippen LogP contribution in [0.25, 0.3) is 0 Å². The number of halogens is 2. The van der Waals surface area contributed by atoms with Crippen molar-refractivity contribution in [3.63, 3.8) is 0 Å². The zero-order valence-electron chi connectivity index (χ0n) is 7.34. The van der Waals surface area contributed by atoms with Crippen LogP contribution in [0.3, 0.4) is 0 Å². The lowest BCUT2D eigenvalue weighted by atomic mass is 10.2. The second-order valence-electron chi connectivity index (χ2n) is 2.54. The summed E-state index contributed by atoms with van der Waals surface area (Å²) in [4.78, 5) is 3.88. The number of alkyl halides is 2. The first-order valence-electron chi connectivity index (χ1n) is 4.08. The second kappa shape index (κ2) is 4.74. The minimum atomic E-state index is -2.43. The largest absolute Gasteiger partial charge is 0.487 e. The van der Waals surface area contributed by atoms with Gasteiger partial charge in [0.15, 0.2) is 0 Å². The van der Waals surface area contributed by atoms with Crippen molar-refractivity contribution in [3.05, 3.63) is 24.0 Å². The van der Waals surface area contributed by atoms with Crippen LogP contribution in [-0.4, -0.2) is 18.0 Å². The number of rotatable bonds is 4. The molecule has 0 aliphatic heterocycles. The molecule has 0 saturated heterocycles. The maximum atomic E-state index is 11.8. The molecule has 0 aromatic carbocycles. The minimum absolute atomic E-state index is 0.498. The fourth-order valence-electron chi connectivity index (χ4n) is 0.973. The number of ether oxygens (including phenoxy) is 1. The normalized spacial score (nSPS) is 10.5. The van der Waals surface area contributed by atoms with Gasteiger partial charge in [-0.2, -0.15) is 0 Å². The topological polar surface area (TPSA) is 22.1 Å². The standard InChI is InChI=1S/C9H11F2NO/c1-2-7-5-12-4-3-8(7)13-6-9(10)11/h3-5,9H,2,6H2,1H3. The Morgan fingerprint density at radius 3 is 2.92 bits per heavy atom. The third-order valence-electron chi connectivity index (χ3n) is 1.60. The van der Waals surface area contributed by atoms with Crippen LogP contribution in [0, 0.1) is 0 Å². The molecule has 0 N–H and O–H groups in total. The van der Waals surface area contributed by atoms with Crippen molar-refractivity contribution in [2.24, 2.45) is 0 Å². The molecule has 0 amide bonds. The van der Waals surface area contributed by atoms with Gasteiger partial charge in [0.1, 0.15) is 12.4 Å². The molecule has 0 aliphatic rings. The molecular formula is C9H11F2NO. The molecule has 1 aromatic rings. The Labute approximate surface area is 75.6 Å². The Kier molecular flexibility index (Phi) is 3.61. The maximum Gasteiger partial charge on any atom is 0.272 e. The summed E-state index contributed by atoms with van der Waals surface area (Å²) in [7, 11) is 0.